The zero-order valence-electron chi connectivity index (χ0n) is 18.5. The average molecular weight is 430 g/mol. The summed E-state index contributed by atoms with van der Waals surface area (Å²) < 4.78 is 27.3. The van der Waals surface area contributed by atoms with Crippen LogP contribution in [-0.4, -0.2) is 26.5 Å². The first-order chi connectivity index (χ1) is 14.0. The largest absolute Gasteiger partial charge is 0.366 e. The molecule has 1 heterocycles. The number of aryl methyl sites for hydroxylation is 2. The zero-order chi connectivity index (χ0) is 22.3. The molecule has 2 amide bonds. The smallest absolute Gasteiger partial charge is 0.333 e. The van der Waals surface area contributed by atoms with E-state index in [2.05, 4.69) is 48.7 Å². The number of nitrogens with zero attached hydrogens (tertiary/aromatic N) is 1. The molecule has 6 nitrogen and oxygen atoms in total. The Labute approximate surface area is 179 Å². The Hall–Kier alpha value is -2.54. The Kier molecular flexibility index (Phi) is 5.87. The highest BCUT2D eigenvalue weighted by molar-refractivity contribution is 7.90. The summed E-state index contributed by atoms with van der Waals surface area (Å²) >= 11 is 0. The Bertz CT molecular complexity index is 1080. The van der Waals surface area contributed by atoms with Crippen LogP contribution in [0, 0.1) is 13.8 Å². The molecule has 162 valence electrons. The molecule has 7 heteroatoms. The monoisotopic (exact) mass is 429 g/mol. The summed E-state index contributed by atoms with van der Waals surface area (Å²) in [5.41, 5.74) is 4.49. The number of fused-ring (bicyclic) bond motifs is 1. The van der Waals surface area contributed by atoms with Gasteiger partial charge in [-0.2, -0.15) is 0 Å². The molecule has 1 atom stereocenters. The maximum atomic E-state index is 12.6. The molecule has 1 aliphatic heterocycles. The van der Waals surface area contributed by atoms with Crippen molar-refractivity contribution in [2.75, 3.05) is 16.8 Å². The minimum absolute atomic E-state index is 0.0571. The molecular weight excluding hydrogens is 398 g/mol. The van der Waals surface area contributed by atoms with E-state index >= 15 is 0 Å². The van der Waals surface area contributed by atoms with Crippen LogP contribution < -0.4 is 14.9 Å². The molecule has 0 saturated carbocycles. The summed E-state index contributed by atoms with van der Waals surface area (Å²) in [5.74, 6) is 0.331. The topological polar surface area (TPSA) is 78.5 Å². The van der Waals surface area contributed by atoms with Gasteiger partial charge in [-0.15, -0.1) is 0 Å². The van der Waals surface area contributed by atoms with Crippen LogP contribution in [0.5, 0.6) is 0 Å². The van der Waals surface area contributed by atoms with Gasteiger partial charge in [0, 0.05) is 23.5 Å². The van der Waals surface area contributed by atoms with Gasteiger partial charge in [0.2, 0.25) is 0 Å². The molecule has 2 N–H and O–H groups in total. The first-order valence-electron chi connectivity index (χ1n) is 10.3. The molecule has 0 aliphatic carbocycles. The summed E-state index contributed by atoms with van der Waals surface area (Å²) in [6.07, 6.45) is 1.00. The van der Waals surface area contributed by atoms with Crippen LogP contribution in [0.25, 0.3) is 0 Å². The highest BCUT2D eigenvalue weighted by Crippen LogP contribution is 2.45. The average Bonchev–Trinajstić information content (AvgIpc) is 2.62. The van der Waals surface area contributed by atoms with Gasteiger partial charge in [-0.3, -0.25) is 0 Å². The first kappa shape index (κ1) is 22.2. The second kappa shape index (κ2) is 7.95. The lowest BCUT2D eigenvalue weighted by atomic mass is 9.79. The minimum Gasteiger partial charge on any atom is -0.366 e. The molecule has 0 fully saturated rings. The first-order valence-corrected chi connectivity index (χ1v) is 11.8. The maximum Gasteiger partial charge on any atom is 0.333 e. The standard InChI is InChI=1S/C23H31N3O3S/c1-7-26-20-12-16(3)19(13-18(20)17(4)14-23(26,5)6)24-22(27)25-30(28,29)21-11-9-8-10-15(21)2/h8-13,17H,7,14H2,1-6H3,(H2,24,25,27). The van der Waals surface area contributed by atoms with Crippen LogP contribution in [0.3, 0.4) is 0 Å². The van der Waals surface area contributed by atoms with E-state index in [0.29, 0.717) is 17.2 Å². The van der Waals surface area contributed by atoms with Crippen molar-refractivity contribution in [3.63, 3.8) is 0 Å². The van der Waals surface area contributed by atoms with Gasteiger partial charge >= 0.3 is 6.03 Å². The van der Waals surface area contributed by atoms with Gasteiger partial charge in [-0.25, -0.2) is 17.9 Å². The Balaban J connectivity index is 1.87. The summed E-state index contributed by atoms with van der Waals surface area (Å²) in [5, 5.41) is 2.73. The number of rotatable bonds is 4. The summed E-state index contributed by atoms with van der Waals surface area (Å²) in [7, 11) is -3.95. The summed E-state index contributed by atoms with van der Waals surface area (Å²) in [4.78, 5) is 15.0. The van der Waals surface area contributed by atoms with Crippen molar-refractivity contribution in [3.05, 3.63) is 53.1 Å². The van der Waals surface area contributed by atoms with Crippen molar-refractivity contribution in [3.8, 4) is 0 Å². The second-order valence-electron chi connectivity index (χ2n) is 8.71. The lowest BCUT2D eigenvalue weighted by Gasteiger charge is -2.47. The van der Waals surface area contributed by atoms with Gasteiger partial charge < -0.3 is 10.2 Å². The van der Waals surface area contributed by atoms with Crippen molar-refractivity contribution < 1.29 is 13.2 Å². The third-order valence-corrected chi connectivity index (χ3v) is 7.40. The van der Waals surface area contributed by atoms with E-state index in [9.17, 15) is 13.2 Å². The predicted octanol–water partition coefficient (Wildman–Crippen LogP) is 4.93. The lowest BCUT2D eigenvalue weighted by Crippen LogP contribution is -2.48. The Morgan fingerprint density at radius 3 is 2.47 bits per heavy atom. The van der Waals surface area contributed by atoms with Gasteiger partial charge in [0.05, 0.1) is 4.90 Å². The van der Waals surface area contributed by atoms with Crippen LogP contribution in [0.2, 0.25) is 0 Å². The lowest BCUT2D eigenvalue weighted by molar-refractivity contribution is 0.256. The van der Waals surface area contributed by atoms with Crippen molar-refractivity contribution in [2.24, 2.45) is 0 Å². The normalized spacial score (nSPS) is 17.9. The van der Waals surface area contributed by atoms with E-state index in [4.69, 9.17) is 0 Å². The third kappa shape index (κ3) is 4.17. The van der Waals surface area contributed by atoms with Crippen LogP contribution in [-0.2, 0) is 10.0 Å². The zero-order valence-corrected chi connectivity index (χ0v) is 19.4. The van der Waals surface area contributed by atoms with Gasteiger partial charge in [0.15, 0.2) is 0 Å². The molecule has 2 aromatic rings. The fraction of sp³-hybridized carbons (Fsp3) is 0.435. The molecule has 1 unspecified atom stereocenters. The van der Waals surface area contributed by atoms with E-state index in [-0.39, 0.29) is 10.4 Å². The van der Waals surface area contributed by atoms with Crippen LogP contribution in [0.4, 0.5) is 16.2 Å². The van der Waals surface area contributed by atoms with Gasteiger partial charge in [-0.1, -0.05) is 25.1 Å². The van der Waals surface area contributed by atoms with Crippen molar-refractivity contribution in [2.45, 2.75) is 64.3 Å². The molecule has 0 aromatic heterocycles. The minimum atomic E-state index is -3.95. The fourth-order valence-electron chi connectivity index (χ4n) is 4.55. The van der Waals surface area contributed by atoms with Crippen LogP contribution in [0.1, 0.15) is 56.7 Å². The van der Waals surface area contributed by atoms with Gasteiger partial charge in [-0.05, 0) is 81.8 Å². The number of carbonyl (C=O) groups excluding carboxylic acids is 1. The van der Waals surface area contributed by atoms with Crippen LogP contribution in [0.15, 0.2) is 41.3 Å². The van der Waals surface area contributed by atoms with E-state index in [1.807, 2.05) is 13.0 Å². The molecule has 0 saturated heterocycles. The number of hydrogen-bond donors (Lipinski definition) is 2. The molecule has 1 aliphatic rings. The Morgan fingerprint density at radius 2 is 1.83 bits per heavy atom. The van der Waals surface area contributed by atoms with Crippen molar-refractivity contribution in [1.82, 2.24) is 4.72 Å². The molecule has 0 bridgehead atoms. The van der Waals surface area contributed by atoms with E-state index in [1.165, 1.54) is 17.3 Å². The molecule has 0 spiro atoms. The third-order valence-electron chi connectivity index (χ3n) is 5.91. The van der Waals surface area contributed by atoms with E-state index < -0.39 is 16.1 Å². The fourth-order valence-corrected chi connectivity index (χ4v) is 5.70. The number of benzene rings is 2. The number of amides is 2. The number of hydrogen-bond acceptors (Lipinski definition) is 4. The molecule has 2 aromatic carbocycles. The molecule has 30 heavy (non-hydrogen) atoms. The summed E-state index contributed by atoms with van der Waals surface area (Å²) in [6.45, 7) is 13.4. The Morgan fingerprint density at radius 1 is 1.17 bits per heavy atom. The highest BCUT2D eigenvalue weighted by atomic mass is 32.2. The van der Waals surface area contributed by atoms with Crippen LogP contribution >= 0.6 is 0 Å². The van der Waals surface area contributed by atoms with Crippen molar-refractivity contribution >= 4 is 27.4 Å². The number of nitrogens with one attached hydrogen (secondary N) is 2. The second-order valence-corrected chi connectivity index (χ2v) is 10.4. The number of carbonyl (C=O) groups is 1. The highest BCUT2D eigenvalue weighted by Gasteiger charge is 2.36. The van der Waals surface area contributed by atoms with Gasteiger partial charge in [0.1, 0.15) is 0 Å². The number of sulfonamides is 1. The van der Waals surface area contributed by atoms with Crippen molar-refractivity contribution in [1.29, 1.82) is 0 Å². The number of urea groups is 1. The summed E-state index contributed by atoms with van der Waals surface area (Å²) in [6, 6.07) is 9.87. The quantitative estimate of drug-likeness (QED) is 0.723. The van der Waals surface area contributed by atoms with E-state index in [0.717, 1.165) is 18.5 Å². The van der Waals surface area contributed by atoms with Gasteiger partial charge in [0.25, 0.3) is 10.0 Å². The number of anilines is 2. The van der Waals surface area contributed by atoms with E-state index in [1.54, 1.807) is 25.1 Å². The molecule has 3 rings (SSSR count). The SMILES string of the molecule is CCN1c2cc(C)c(NC(=O)NS(=O)(=O)c3ccccc3C)cc2C(C)CC1(C)C. The molecule has 0 radical (unpaired) electrons. The maximum absolute atomic E-state index is 12.6. The molecular formula is C23H31N3O3S. The predicted molar refractivity (Wildman–Crippen MR) is 122 cm³/mol.